The van der Waals surface area contributed by atoms with Gasteiger partial charge in [0.05, 0.1) is 48.6 Å². The molecule has 0 saturated carbocycles. The van der Waals surface area contributed by atoms with Crippen molar-refractivity contribution in [2.75, 3.05) is 105 Å². The van der Waals surface area contributed by atoms with Crippen LogP contribution in [0.25, 0.3) is 22.5 Å². The van der Waals surface area contributed by atoms with Crippen molar-refractivity contribution in [1.82, 2.24) is 76.5 Å². The van der Waals surface area contributed by atoms with E-state index >= 15 is 0 Å². The van der Waals surface area contributed by atoms with Gasteiger partial charge < -0.3 is 117 Å². The minimum atomic E-state index is -1.50. The number of amides is 7. The number of carboxylic acids is 2. The van der Waals surface area contributed by atoms with Gasteiger partial charge in [-0.25, -0.2) is 9.67 Å². The monoisotopic (exact) mass is 1770 g/mol. The van der Waals surface area contributed by atoms with E-state index in [0.717, 1.165) is 5.69 Å². The summed E-state index contributed by atoms with van der Waals surface area (Å²) >= 11 is 0. The van der Waals surface area contributed by atoms with Crippen molar-refractivity contribution in [1.29, 1.82) is 0 Å². The van der Waals surface area contributed by atoms with E-state index in [1.807, 2.05) is 40.1 Å². The van der Waals surface area contributed by atoms with Crippen LogP contribution in [0.1, 0.15) is 104 Å². The Morgan fingerprint density at radius 2 is 0.733 bits per heavy atom. The molecular formula is C70H112N34O11Tm. The van der Waals surface area contributed by atoms with Crippen molar-refractivity contribution >= 4 is 89.0 Å². The molecule has 3 aliphatic rings. The van der Waals surface area contributed by atoms with Gasteiger partial charge in [0.15, 0.2) is 35.8 Å². The molecule has 0 unspecified atom stereocenters. The summed E-state index contributed by atoms with van der Waals surface area (Å²) in [5, 5.41) is 45.0. The van der Waals surface area contributed by atoms with Gasteiger partial charge in [-0.3, -0.25) is 97.7 Å². The maximum atomic E-state index is 14.9. The largest absolute Gasteiger partial charge is 0.480 e. The van der Waals surface area contributed by atoms with E-state index in [-0.39, 0.29) is 221 Å². The summed E-state index contributed by atoms with van der Waals surface area (Å²) in [5.74, 6) is -9.44. The third kappa shape index (κ3) is 35.5. The van der Waals surface area contributed by atoms with E-state index in [0.29, 0.717) is 92.8 Å². The molecule has 1 saturated heterocycles. The summed E-state index contributed by atoms with van der Waals surface area (Å²) < 4.78 is 1.70. The second kappa shape index (κ2) is 50.0. The van der Waals surface area contributed by atoms with Gasteiger partial charge in [-0.15, -0.1) is 5.10 Å². The number of hydrogen-bond donors (Lipinski definition) is 21. The summed E-state index contributed by atoms with van der Waals surface area (Å²) in [7, 11) is 0. The molecule has 34 N–H and O–H groups in total. The normalized spacial score (nSPS) is 15.9. The van der Waals surface area contributed by atoms with E-state index < -0.39 is 89.5 Å². The van der Waals surface area contributed by atoms with Gasteiger partial charge in [0, 0.05) is 147 Å². The number of rotatable bonds is 42. The quantitative estimate of drug-likeness (QED) is 0.0111. The Balaban J connectivity index is 0.0000240. The average Bonchev–Trinajstić information content (AvgIpc) is 1.41. The third-order valence-electron chi connectivity index (χ3n) is 18.3. The van der Waals surface area contributed by atoms with E-state index in [9.17, 15) is 53.4 Å². The zero-order valence-corrected chi connectivity index (χ0v) is 66.5. The molecule has 0 spiro atoms. The van der Waals surface area contributed by atoms with Crippen LogP contribution in [0.4, 0.5) is 0 Å². The fraction of sp³-hybridized carbons (Fsp3) is 0.529. The Hall–Kier alpha value is -11.4. The SMILES string of the molecule is NC(=O)[C@H](CCCN=C(N)N)NC(=O)[C@@H](CCCN=C(N)N)NC(=O)[C@H](CCCN=C(N)N)NC(=O)[C@@H](CCCN=C(N)N)NC(=O)[C@H](CCCN=C(N)N)NC(=O)[C@@H](CCCN=C(N)N)NC(=O)c1ccc(-c2cc3nc(c2)Cn2nncc2-c2cccc(n2)CN2CCN(CC(=O)O)CCN(CCN(CC(=O)O)CC2)C3)cc1.[Tm]. The number of fused-ring (bicyclic) bond motifs is 8. The van der Waals surface area contributed by atoms with Crippen molar-refractivity contribution < 1.29 is 90.2 Å². The number of carbonyl (C=O) groups excluding carboxylic acids is 7. The van der Waals surface area contributed by atoms with Gasteiger partial charge in [0.25, 0.3) is 5.91 Å². The Morgan fingerprint density at radius 1 is 0.397 bits per heavy atom. The number of aromatic nitrogens is 5. The number of aliphatic imine (C=N–C) groups is 6. The standard InChI is InChI=1S/C70H112N34O11.Tm/c71-58(109)49(10-2-20-84-65(72)73)93-60(111)51(12-4-22-86-67(76)77)95-62(113)53(14-6-24-88-69(80)81)97-64(115)54(15-7-25-89-70(82)83)98-63(114)52(13-5-23-87-68(78)79)96-61(112)50(11-3-21-85-66(74)75)94-59(110)43-18-16-42(17-19-43)44-34-46-38-101-28-32-102(40-56(105)106)30-26-100(27-31-103(33-29-101)41-57(107)108)37-45-8-1-9-48(92-45)55-36-90-99-104(55)39-47(35-44)91-46;/h1,8-9,16-19,34-36,49-54H,2-7,10-15,20-33,37-41H2,(H2,71,109)(H,93,111)(H,94,110)(H,95,113)(H,96,112)(H,97,115)(H,98,114)(H,105,106)(H,107,108)(H4,72,73,84)(H4,74,75,85)(H4,76,77,86)(H4,78,79,87)(H4,80,81,88)(H4,82,83,89);/t49-,50+,51+,52-,53-,54+;/m0./s1. The van der Waals surface area contributed by atoms with Crippen LogP contribution in [-0.4, -0.2) is 285 Å². The van der Waals surface area contributed by atoms with Crippen molar-refractivity contribution in [2.45, 2.75) is 133 Å². The van der Waals surface area contributed by atoms with E-state index in [1.54, 1.807) is 35.1 Å². The predicted molar refractivity (Wildman–Crippen MR) is 430 cm³/mol. The molecule has 6 heterocycles. The molecule has 45 nitrogen and oxygen atoms in total. The van der Waals surface area contributed by atoms with E-state index in [4.69, 9.17) is 84.5 Å². The molecule has 116 heavy (non-hydrogen) atoms. The molecule has 6 atom stereocenters. The molecule has 7 amide bonds. The maximum Gasteiger partial charge on any atom is 0.317 e. The Morgan fingerprint density at radius 3 is 1.09 bits per heavy atom. The summed E-state index contributed by atoms with van der Waals surface area (Å²) in [4.78, 5) is 167. The van der Waals surface area contributed by atoms with E-state index in [1.165, 1.54) is 0 Å². The van der Waals surface area contributed by atoms with Crippen LogP contribution in [-0.2, 0) is 58.0 Å². The Kier molecular flexibility index (Phi) is 41.1. The van der Waals surface area contributed by atoms with Crippen molar-refractivity contribution in [3.05, 3.63) is 83.4 Å². The molecule has 3 aromatic heterocycles. The molecule has 1 fully saturated rings. The zero-order chi connectivity index (χ0) is 83.9. The van der Waals surface area contributed by atoms with Crippen LogP contribution >= 0.6 is 0 Å². The first-order valence-electron chi connectivity index (χ1n) is 37.6. The molecule has 3 aliphatic heterocycles. The first kappa shape index (κ1) is 95.2. The van der Waals surface area contributed by atoms with Gasteiger partial charge in [0.2, 0.25) is 35.4 Å². The van der Waals surface area contributed by atoms with Crippen LogP contribution in [0.5, 0.6) is 0 Å². The number of aliphatic carboxylic acids is 2. The number of guanidine groups is 6. The average molecular weight is 1770 g/mol. The summed E-state index contributed by atoms with van der Waals surface area (Å²) in [5.41, 5.74) is 77.4. The van der Waals surface area contributed by atoms with Gasteiger partial charge in [-0.2, -0.15) is 0 Å². The second-order valence-corrected chi connectivity index (χ2v) is 27.5. The molecule has 46 heteroatoms. The molecule has 7 rings (SSSR count). The number of benzene rings is 1. The molecule has 6 bridgehead atoms. The van der Waals surface area contributed by atoms with Crippen molar-refractivity contribution in [2.24, 2.45) is 104 Å². The van der Waals surface area contributed by atoms with Crippen LogP contribution in [0.3, 0.4) is 0 Å². The smallest absolute Gasteiger partial charge is 0.317 e. The molecule has 1 aromatic carbocycles. The number of nitrogens with one attached hydrogen (secondary N) is 6. The van der Waals surface area contributed by atoms with Gasteiger partial charge in [-0.05, 0) is 125 Å². The number of nitrogens with two attached hydrogens (primary N) is 13. The van der Waals surface area contributed by atoms with Crippen molar-refractivity contribution in [3.8, 4) is 22.5 Å². The van der Waals surface area contributed by atoms with Gasteiger partial charge >= 0.3 is 11.9 Å². The van der Waals surface area contributed by atoms with Crippen LogP contribution in [0.2, 0.25) is 0 Å². The van der Waals surface area contributed by atoms with Gasteiger partial charge in [-0.1, -0.05) is 23.4 Å². The van der Waals surface area contributed by atoms with Crippen molar-refractivity contribution in [3.63, 3.8) is 0 Å². The molecule has 0 aliphatic carbocycles. The zero-order valence-electron chi connectivity index (χ0n) is 64.7. The van der Waals surface area contributed by atoms with E-state index in [2.05, 4.69) is 82.0 Å². The fourth-order valence-corrected chi connectivity index (χ4v) is 12.5. The number of carboxylic acid groups (broad SMARTS) is 2. The Labute approximate surface area is 699 Å². The second-order valence-electron chi connectivity index (χ2n) is 27.5. The number of hydrogen-bond acceptors (Lipinski definition) is 23. The first-order valence-corrected chi connectivity index (χ1v) is 37.6. The number of carbonyl (C=O) groups is 9. The minimum Gasteiger partial charge on any atom is -0.480 e. The third-order valence-corrected chi connectivity index (χ3v) is 18.3. The predicted octanol–water partition coefficient (Wildman–Crippen LogP) is -7.82. The molecule has 641 valence electrons. The number of nitrogens with zero attached hydrogens (tertiary/aromatic N) is 15. The molecule has 4 aromatic rings. The minimum absolute atomic E-state index is 0. The van der Waals surface area contributed by atoms with Gasteiger partial charge in [0.1, 0.15) is 41.9 Å². The topological polar surface area (TPSA) is 748 Å². The first-order chi connectivity index (χ1) is 54.9. The molecule has 1 radical (unpaired) electrons. The molecular weight excluding hydrogens is 1660 g/mol. The van der Waals surface area contributed by atoms with Crippen LogP contribution in [0, 0.1) is 36.9 Å². The summed E-state index contributed by atoms with van der Waals surface area (Å²) in [6.07, 6.45) is 1.66. The summed E-state index contributed by atoms with van der Waals surface area (Å²) in [6.45, 7) is 3.80. The fourth-order valence-electron chi connectivity index (χ4n) is 12.5. The number of pyridine rings is 2. The summed E-state index contributed by atoms with van der Waals surface area (Å²) in [6, 6.07) is 7.51. The maximum absolute atomic E-state index is 14.9. The van der Waals surface area contributed by atoms with Crippen LogP contribution < -0.4 is 106 Å². The number of primary amides is 1. The Bertz CT molecular complexity index is 4050. The van der Waals surface area contributed by atoms with Crippen LogP contribution in [0.15, 0.2) is 90.7 Å².